The maximum atomic E-state index is 11.8. The molecule has 5 nitrogen and oxygen atoms in total. The van der Waals surface area contributed by atoms with E-state index in [0.29, 0.717) is 27.3 Å². The highest BCUT2D eigenvalue weighted by atomic mass is 35.5. The molecule has 126 valence electrons. The predicted molar refractivity (Wildman–Crippen MR) is 95.3 cm³/mol. The first-order chi connectivity index (χ1) is 11.5. The maximum Gasteiger partial charge on any atom is 0.277 e. The van der Waals surface area contributed by atoms with Gasteiger partial charge in [0.15, 0.2) is 6.61 Å². The average molecular weight is 367 g/mol. The van der Waals surface area contributed by atoms with Crippen LogP contribution in [0.2, 0.25) is 10.0 Å². The van der Waals surface area contributed by atoms with Crippen LogP contribution in [0.1, 0.15) is 12.5 Å². The minimum Gasteiger partial charge on any atom is -0.497 e. The van der Waals surface area contributed by atoms with Crippen LogP contribution in [0, 0.1) is 0 Å². The fourth-order valence-electron chi connectivity index (χ4n) is 1.79. The van der Waals surface area contributed by atoms with Crippen LogP contribution in [-0.2, 0) is 4.79 Å². The zero-order chi connectivity index (χ0) is 17.5. The number of ether oxygens (including phenoxy) is 2. The first kappa shape index (κ1) is 18.1. The molecule has 0 radical (unpaired) electrons. The predicted octanol–water partition coefficient (Wildman–Crippen LogP) is 3.92. The van der Waals surface area contributed by atoms with Gasteiger partial charge in [0.1, 0.15) is 11.5 Å². The van der Waals surface area contributed by atoms with Crippen LogP contribution in [0.4, 0.5) is 0 Å². The number of benzene rings is 2. The number of methoxy groups -OCH3 is 1. The summed E-state index contributed by atoms with van der Waals surface area (Å²) in [6.45, 7) is 1.61. The number of rotatable bonds is 6. The highest BCUT2D eigenvalue weighted by Gasteiger charge is 2.05. The average Bonchev–Trinajstić information content (AvgIpc) is 2.60. The summed E-state index contributed by atoms with van der Waals surface area (Å²) in [5.41, 5.74) is 3.80. The van der Waals surface area contributed by atoms with E-state index in [4.69, 9.17) is 32.7 Å². The Kier molecular flexibility index (Phi) is 6.46. The largest absolute Gasteiger partial charge is 0.497 e. The summed E-state index contributed by atoms with van der Waals surface area (Å²) in [4.78, 5) is 11.8. The fourth-order valence-corrected chi connectivity index (χ4v) is 2.08. The molecule has 0 bridgehead atoms. The smallest absolute Gasteiger partial charge is 0.277 e. The summed E-state index contributed by atoms with van der Waals surface area (Å²) >= 11 is 11.8. The third-order valence-corrected chi connectivity index (χ3v) is 3.85. The third kappa shape index (κ3) is 5.15. The number of amides is 1. The Morgan fingerprint density at radius 3 is 2.38 bits per heavy atom. The Morgan fingerprint density at radius 1 is 1.08 bits per heavy atom. The Morgan fingerprint density at radius 2 is 1.75 bits per heavy atom. The quantitative estimate of drug-likeness (QED) is 0.622. The number of hydrogen-bond donors (Lipinski definition) is 1. The maximum absolute atomic E-state index is 11.8. The third-order valence-electron chi connectivity index (χ3n) is 3.12. The Balaban J connectivity index is 1.87. The summed E-state index contributed by atoms with van der Waals surface area (Å²) in [6, 6.07) is 12.1. The van der Waals surface area contributed by atoms with Gasteiger partial charge in [0, 0.05) is 0 Å². The van der Waals surface area contributed by atoms with Crippen molar-refractivity contribution in [2.45, 2.75) is 6.92 Å². The van der Waals surface area contributed by atoms with Crippen LogP contribution in [0.15, 0.2) is 47.6 Å². The summed E-state index contributed by atoms with van der Waals surface area (Å²) in [5.74, 6) is 0.912. The molecule has 0 aromatic heterocycles. The van der Waals surface area contributed by atoms with E-state index in [-0.39, 0.29) is 12.5 Å². The summed E-state index contributed by atoms with van der Waals surface area (Å²) in [6.07, 6.45) is 0. The number of nitrogens with one attached hydrogen (secondary N) is 1. The van der Waals surface area contributed by atoms with E-state index in [1.807, 2.05) is 0 Å². The molecular weight excluding hydrogens is 351 g/mol. The second-order valence-corrected chi connectivity index (χ2v) is 5.64. The lowest BCUT2D eigenvalue weighted by molar-refractivity contribution is -0.123. The minimum atomic E-state index is -0.370. The topological polar surface area (TPSA) is 59.9 Å². The molecule has 0 unspecified atom stereocenters. The Hall–Kier alpha value is -2.24. The van der Waals surface area contributed by atoms with E-state index in [9.17, 15) is 4.79 Å². The molecule has 0 saturated heterocycles. The first-order valence-electron chi connectivity index (χ1n) is 7.05. The van der Waals surface area contributed by atoms with Crippen molar-refractivity contribution in [3.8, 4) is 11.5 Å². The lowest BCUT2D eigenvalue weighted by atomic mass is 10.1. The lowest BCUT2D eigenvalue weighted by Gasteiger charge is -2.07. The van der Waals surface area contributed by atoms with Crippen molar-refractivity contribution in [3.63, 3.8) is 0 Å². The van der Waals surface area contributed by atoms with E-state index in [0.717, 1.165) is 5.56 Å². The minimum absolute atomic E-state index is 0.148. The fraction of sp³-hybridized carbons (Fsp3) is 0.176. The van der Waals surface area contributed by atoms with Crippen LogP contribution in [0.5, 0.6) is 11.5 Å². The van der Waals surface area contributed by atoms with Crippen molar-refractivity contribution in [3.05, 3.63) is 58.1 Å². The molecule has 0 fully saturated rings. The molecule has 1 amide bonds. The van der Waals surface area contributed by atoms with Crippen molar-refractivity contribution in [1.29, 1.82) is 0 Å². The van der Waals surface area contributed by atoms with Gasteiger partial charge in [-0.15, -0.1) is 0 Å². The zero-order valence-corrected chi connectivity index (χ0v) is 14.7. The molecule has 0 atom stereocenters. The number of halogens is 2. The van der Waals surface area contributed by atoms with Crippen LogP contribution in [0.3, 0.4) is 0 Å². The number of hydrazone groups is 1. The summed E-state index contributed by atoms with van der Waals surface area (Å²) in [5, 5.41) is 4.91. The van der Waals surface area contributed by atoms with Gasteiger partial charge < -0.3 is 9.47 Å². The number of nitrogens with zero attached hydrogens (tertiary/aromatic N) is 1. The van der Waals surface area contributed by atoms with Crippen molar-refractivity contribution in [2.75, 3.05) is 13.7 Å². The van der Waals surface area contributed by atoms with Crippen molar-refractivity contribution >= 4 is 34.8 Å². The molecule has 0 saturated carbocycles. The molecule has 2 aromatic carbocycles. The molecule has 0 aliphatic heterocycles. The lowest BCUT2D eigenvalue weighted by Crippen LogP contribution is -2.25. The van der Waals surface area contributed by atoms with E-state index in [1.54, 1.807) is 56.5 Å². The van der Waals surface area contributed by atoms with Crippen molar-refractivity contribution < 1.29 is 14.3 Å². The molecule has 0 aliphatic rings. The van der Waals surface area contributed by atoms with Gasteiger partial charge in [-0.25, -0.2) is 5.43 Å². The van der Waals surface area contributed by atoms with Gasteiger partial charge in [0.05, 0.1) is 22.9 Å². The van der Waals surface area contributed by atoms with Crippen LogP contribution in [-0.4, -0.2) is 25.3 Å². The molecule has 2 aromatic rings. The highest BCUT2D eigenvalue weighted by Crippen LogP contribution is 2.22. The number of carbonyl (C=O) groups is 1. The SMILES string of the molecule is COc1ccc(OCC(=O)N/N=C(/C)c2ccc(Cl)c(Cl)c2)cc1. The molecular formula is C17H16Cl2N2O3. The Labute approximate surface area is 150 Å². The van der Waals surface area contributed by atoms with Crippen LogP contribution < -0.4 is 14.9 Å². The van der Waals surface area contributed by atoms with Crippen LogP contribution >= 0.6 is 23.2 Å². The number of carbonyl (C=O) groups excluding carboxylic acids is 1. The van der Waals surface area contributed by atoms with Gasteiger partial charge in [0.25, 0.3) is 5.91 Å². The van der Waals surface area contributed by atoms with Gasteiger partial charge in [-0.1, -0.05) is 29.3 Å². The van der Waals surface area contributed by atoms with E-state index in [1.165, 1.54) is 0 Å². The standard InChI is InChI=1S/C17H16Cl2N2O3/c1-11(12-3-8-15(18)16(19)9-12)20-21-17(22)10-24-14-6-4-13(23-2)5-7-14/h3-9H,10H2,1-2H3,(H,21,22)/b20-11-. The first-order valence-corrected chi connectivity index (χ1v) is 7.80. The molecule has 1 N–H and O–H groups in total. The summed E-state index contributed by atoms with van der Waals surface area (Å²) in [7, 11) is 1.58. The molecule has 0 heterocycles. The molecule has 24 heavy (non-hydrogen) atoms. The normalized spacial score (nSPS) is 11.1. The van der Waals surface area contributed by atoms with Gasteiger partial charge in [0.2, 0.25) is 0 Å². The molecule has 0 spiro atoms. The monoisotopic (exact) mass is 366 g/mol. The van der Waals surface area contributed by atoms with Crippen LogP contribution in [0.25, 0.3) is 0 Å². The van der Waals surface area contributed by atoms with Crippen molar-refractivity contribution in [2.24, 2.45) is 5.10 Å². The van der Waals surface area contributed by atoms with E-state index in [2.05, 4.69) is 10.5 Å². The summed E-state index contributed by atoms with van der Waals surface area (Å²) < 4.78 is 10.4. The highest BCUT2D eigenvalue weighted by molar-refractivity contribution is 6.42. The molecule has 2 rings (SSSR count). The molecule has 7 heteroatoms. The van der Waals surface area contributed by atoms with E-state index >= 15 is 0 Å². The van der Waals surface area contributed by atoms with Gasteiger partial charge >= 0.3 is 0 Å². The zero-order valence-electron chi connectivity index (χ0n) is 13.2. The number of hydrogen-bond acceptors (Lipinski definition) is 4. The second kappa shape index (κ2) is 8.57. The second-order valence-electron chi connectivity index (χ2n) is 4.83. The van der Waals surface area contributed by atoms with Crippen molar-refractivity contribution in [1.82, 2.24) is 5.43 Å². The van der Waals surface area contributed by atoms with Gasteiger partial charge in [-0.2, -0.15) is 5.10 Å². The Bertz CT molecular complexity index is 746. The molecule has 0 aliphatic carbocycles. The van der Waals surface area contributed by atoms with E-state index < -0.39 is 0 Å². The van der Waals surface area contributed by atoms with Gasteiger partial charge in [-0.05, 0) is 48.9 Å². The van der Waals surface area contributed by atoms with Gasteiger partial charge in [-0.3, -0.25) is 4.79 Å².